The average Bonchev–Trinajstić information content (AvgIpc) is 2.65. The summed E-state index contributed by atoms with van der Waals surface area (Å²) in [5.74, 6) is 0.616. The van der Waals surface area contributed by atoms with Crippen LogP contribution in [0.25, 0.3) is 0 Å². The highest BCUT2D eigenvalue weighted by Gasteiger charge is 1.99. The summed E-state index contributed by atoms with van der Waals surface area (Å²) in [4.78, 5) is 6.75. The molecule has 0 fully saturated rings. The first-order valence-corrected chi connectivity index (χ1v) is 3.76. The van der Waals surface area contributed by atoms with Crippen LogP contribution in [0, 0.1) is 4.77 Å². The molecule has 0 unspecified atom stereocenters. The molecule has 2 aromatic rings. The minimum Gasteiger partial charge on any atom is -0.343 e. The average molecular weight is 182 g/mol. The molecule has 2 heterocycles. The molecule has 0 aliphatic rings. The minimum absolute atomic E-state index is 0.541. The number of aromatic amines is 1. The molecule has 0 aliphatic carbocycles. The van der Waals surface area contributed by atoms with Crippen molar-refractivity contribution in [1.82, 2.24) is 19.7 Å². The maximum Gasteiger partial charge on any atom is 0.213 e. The molecule has 12 heavy (non-hydrogen) atoms. The molecule has 0 bridgehead atoms. The Morgan fingerprint density at radius 2 is 2.58 bits per heavy atom. The second-order valence-corrected chi connectivity index (χ2v) is 2.63. The van der Waals surface area contributed by atoms with Crippen molar-refractivity contribution in [3.63, 3.8) is 0 Å². The van der Waals surface area contributed by atoms with Gasteiger partial charge in [-0.3, -0.25) is 0 Å². The summed E-state index contributed by atoms with van der Waals surface area (Å²) in [5, 5.41) is 3.67. The number of H-pyrrole nitrogens is 1. The number of rotatable bonds is 2. The van der Waals surface area contributed by atoms with Crippen LogP contribution < -0.4 is 0 Å². The van der Waals surface area contributed by atoms with Crippen molar-refractivity contribution in [2.75, 3.05) is 0 Å². The second kappa shape index (κ2) is 2.90. The first-order valence-electron chi connectivity index (χ1n) is 3.35. The van der Waals surface area contributed by atoms with E-state index in [1.54, 1.807) is 6.20 Å². The Bertz CT molecular complexity index is 401. The van der Waals surface area contributed by atoms with Crippen molar-refractivity contribution in [1.29, 1.82) is 0 Å². The molecule has 2 aromatic heterocycles. The molecule has 0 saturated carbocycles. The molecule has 0 radical (unpaired) electrons. The molecule has 0 atom stereocenters. The fourth-order valence-corrected chi connectivity index (χ4v) is 1.08. The fourth-order valence-electron chi connectivity index (χ4n) is 0.888. The van der Waals surface area contributed by atoms with Gasteiger partial charge in [-0.2, -0.15) is 4.98 Å². The number of nitrogens with one attached hydrogen (secondary N) is 1. The van der Waals surface area contributed by atoms with Gasteiger partial charge in [-0.1, -0.05) is 5.16 Å². The van der Waals surface area contributed by atoms with Crippen LogP contribution >= 0.6 is 12.2 Å². The van der Waals surface area contributed by atoms with Crippen LogP contribution in [-0.2, 0) is 6.54 Å². The van der Waals surface area contributed by atoms with Crippen molar-refractivity contribution in [3.8, 4) is 0 Å². The predicted molar refractivity (Wildman–Crippen MR) is 43.0 cm³/mol. The van der Waals surface area contributed by atoms with Gasteiger partial charge in [0.2, 0.25) is 6.39 Å². The van der Waals surface area contributed by atoms with Crippen LogP contribution in [0.5, 0.6) is 0 Å². The number of aromatic nitrogens is 4. The molecule has 0 amide bonds. The van der Waals surface area contributed by atoms with Crippen LogP contribution in [0.2, 0.25) is 0 Å². The van der Waals surface area contributed by atoms with Crippen molar-refractivity contribution in [3.05, 3.63) is 29.4 Å². The molecule has 2 rings (SSSR count). The number of imidazole rings is 1. The Balaban J connectivity index is 2.25. The van der Waals surface area contributed by atoms with Gasteiger partial charge in [0, 0.05) is 12.4 Å². The summed E-state index contributed by atoms with van der Waals surface area (Å²) < 4.78 is 7.06. The Hall–Kier alpha value is -1.43. The molecular weight excluding hydrogens is 176 g/mol. The van der Waals surface area contributed by atoms with Crippen molar-refractivity contribution in [2.45, 2.75) is 6.54 Å². The van der Waals surface area contributed by atoms with Gasteiger partial charge in [-0.05, 0) is 12.2 Å². The Morgan fingerprint density at radius 1 is 1.67 bits per heavy atom. The van der Waals surface area contributed by atoms with Gasteiger partial charge in [0.15, 0.2) is 10.6 Å². The third kappa shape index (κ3) is 1.28. The van der Waals surface area contributed by atoms with E-state index in [4.69, 9.17) is 12.2 Å². The molecule has 1 N–H and O–H groups in total. The second-order valence-electron chi connectivity index (χ2n) is 2.24. The maximum absolute atomic E-state index is 4.98. The number of hydrogen-bond acceptors (Lipinski definition) is 4. The maximum atomic E-state index is 4.98. The number of nitrogens with zero attached hydrogens (tertiary/aromatic N) is 3. The lowest BCUT2D eigenvalue weighted by atomic mass is 10.6. The SMILES string of the molecule is S=c1[nH]ccn1Cc1ncon1. The molecule has 0 saturated heterocycles. The van der Waals surface area contributed by atoms with E-state index in [1.807, 2.05) is 10.8 Å². The molecule has 0 spiro atoms. The van der Waals surface area contributed by atoms with Crippen LogP contribution in [0.4, 0.5) is 0 Å². The van der Waals surface area contributed by atoms with Gasteiger partial charge in [-0.25, -0.2) is 0 Å². The largest absolute Gasteiger partial charge is 0.343 e. The highest BCUT2D eigenvalue weighted by atomic mass is 32.1. The molecular formula is C6H6N4OS. The van der Waals surface area contributed by atoms with Crippen molar-refractivity contribution in [2.24, 2.45) is 0 Å². The fraction of sp³-hybridized carbons (Fsp3) is 0.167. The van der Waals surface area contributed by atoms with Gasteiger partial charge in [0.05, 0.1) is 6.54 Å². The minimum atomic E-state index is 0.541. The van der Waals surface area contributed by atoms with Crippen molar-refractivity contribution >= 4 is 12.2 Å². The highest BCUT2D eigenvalue weighted by Crippen LogP contribution is 1.96. The van der Waals surface area contributed by atoms with E-state index in [2.05, 4.69) is 19.6 Å². The van der Waals surface area contributed by atoms with Crippen LogP contribution in [0.3, 0.4) is 0 Å². The lowest BCUT2D eigenvalue weighted by molar-refractivity contribution is 0.408. The van der Waals surface area contributed by atoms with E-state index >= 15 is 0 Å². The highest BCUT2D eigenvalue weighted by molar-refractivity contribution is 7.71. The molecule has 5 nitrogen and oxygen atoms in total. The van der Waals surface area contributed by atoms with Gasteiger partial charge < -0.3 is 14.1 Å². The van der Waals surface area contributed by atoms with E-state index in [0.29, 0.717) is 17.1 Å². The first kappa shape index (κ1) is 7.23. The van der Waals surface area contributed by atoms with Crippen molar-refractivity contribution < 1.29 is 4.52 Å². The van der Waals surface area contributed by atoms with Gasteiger partial charge in [0.25, 0.3) is 0 Å². The summed E-state index contributed by atoms with van der Waals surface area (Å²) in [5.41, 5.74) is 0. The molecule has 0 aromatic carbocycles. The van der Waals surface area contributed by atoms with Gasteiger partial charge in [0.1, 0.15) is 0 Å². The van der Waals surface area contributed by atoms with E-state index in [-0.39, 0.29) is 0 Å². The third-order valence-corrected chi connectivity index (χ3v) is 1.79. The zero-order valence-corrected chi connectivity index (χ0v) is 6.91. The van der Waals surface area contributed by atoms with Crippen LogP contribution in [0.15, 0.2) is 23.3 Å². The zero-order valence-electron chi connectivity index (χ0n) is 6.10. The Labute approximate surface area is 73.0 Å². The summed E-state index contributed by atoms with van der Waals surface area (Å²) >= 11 is 4.98. The topological polar surface area (TPSA) is 59.6 Å². The van der Waals surface area contributed by atoms with E-state index in [9.17, 15) is 0 Å². The zero-order chi connectivity index (χ0) is 8.39. The molecule has 0 aliphatic heterocycles. The van der Waals surface area contributed by atoms with Crippen LogP contribution in [0.1, 0.15) is 5.82 Å². The monoisotopic (exact) mass is 182 g/mol. The summed E-state index contributed by atoms with van der Waals surface area (Å²) in [6, 6.07) is 0. The lowest BCUT2D eigenvalue weighted by Gasteiger charge is -1.94. The summed E-state index contributed by atoms with van der Waals surface area (Å²) in [6.07, 6.45) is 4.90. The summed E-state index contributed by atoms with van der Waals surface area (Å²) in [7, 11) is 0. The van der Waals surface area contributed by atoms with E-state index in [0.717, 1.165) is 0 Å². The smallest absolute Gasteiger partial charge is 0.213 e. The van der Waals surface area contributed by atoms with Gasteiger partial charge >= 0.3 is 0 Å². The van der Waals surface area contributed by atoms with E-state index in [1.165, 1.54) is 6.39 Å². The molecule has 6 heteroatoms. The Morgan fingerprint density at radius 3 is 3.17 bits per heavy atom. The van der Waals surface area contributed by atoms with Crippen LogP contribution in [-0.4, -0.2) is 19.7 Å². The third-order valence-electron chi connectivity index (χ3n) is 1.44. The molecule has 62 valence electrons. The van der Waals surface area contributed by atoms with E-state index < -0.39 is 0 Å². The first-order chi connectivity index (χ1) is 5.86. The van der Waals surface area contributed by atoms with Gasteiger partial charge in [-0.15, -0.1) is 0 Å². The standard InChI is InChI=1S/C6H6N4OS/c12-6-7-1-2-10(6)3-5-8-4-11-9-5/h1-2,4H,3H2,(H,7,12). The number of hydrogen-bond donors (Lipinski definition) is 1. The quantitative estimate of drug-likeness (QED) is 0.703. The predicted octanol–water partition coefficient (Wildman–Crippen LogP) is 0.977. The lowest BCUT2D eigenvalue weighted by Crippen LogP contribution is -1.99. The Kier molecular flexibility index (Phi) is 1.75. The summed E-state index contributed by atoms with van der Waals surface area (Å²) in [6.45, 7) is 0.541. The normalized spacial score (nSPS) is 10.3.